The number of alkyl halides is 3. The summed E-state index contributed by atoms with van der Waals surface area (Å²) in [6.07, 6.45) is -4.30. The van der Waals surface area contributed by atoms with Gasteiger partial charge in [-0.25, -0.2) is 4.39 Å². The van der Waals surface area contributed by atoms with Gasteiger partial charge in [-0.2, -0.15) is 13.2 Å². The highest BCUT2D eigenvalue weighted by atomic mass is 19.4. The Bertz CT molecular complexity index is 464. The largest absolute Gasteiger partial charge is 0.497 e. The summed E-state index contributed by atoms with van der Waals surface area (Å²) in [7, 11) is 1.43. The predicted molar refractivity (Wildman–Crippen MR) is 67.6 cm³/mol. The first kappa shape index (κ1) is 14.9. The molecule has 1 N–H and O–H groups in total. The molecule has 2 rings (SSSR count). The molecule has 0 radical (unpaired) electrons. The van der Waals surface area contributed by atoms with Crippen molar-refractivity contribution < 1.29 is 22.3 Å². The molecule has 1 aromatic rings. The summed E-state index contributed by atoms with van der Waals surface area (Å²) >= 11 is 0. The summed E-state index contributed by atoms with van der Waals surface area (Å²) in [6, 6.07) is 4.07. The van der Waals surface area contributed by atoms with Gasteiger partial charge in [-0.15, -0.1) is 0 Å². The number of hydrogen-bond donors (Lipinski definition) is 1. The van der Waals surface area contributed by atoms with E-state index >= 15 is 0 Å². The molecule has 0 aliphatic carbocycles. The third-order valence-electron chi connectivity index (χ3n) is 3.35. The van der Waals surface area contributed by atoms with Crippen molar-refractivity contribution in [3.8, 4) is 5.75 Å². The molecule has 20 heavy (non-hydrogen) atoms. The van der Waals surface area contributed by atoms with Gasteiger partial charge in [0.2, 0.25) is 0 Å². The highest BCUT2D eigenvalue weighted by molar-refractivity contribution is 5.52. The Kier molecular flexibility index (Phi) is 4.37. The van der Waals surface area contributed by atoms with Crippen molar-refractivity contribution in [2.24, 2.45) is 5.92 Å². The van der Waals surface area contributed by atoms with Gasteiger partial charge in [0.25, 0.3) is 0 Å². The number of anilines is 1. The second-order valence-corrected chi connectivity index (χ2v) is 4.71. The number of nitrogens with one attached hydrogen (secondary N) is 1. The van der Waals surface area contributed by atoms with Crippen molar-refractivity contribution in [1.29, 1.82) is 0 Å². The molecule has 3 nitrogen and oxygen atoms in total. The van der Waals surface area contributed by atoms with Gasteiger partial charge in [0.1, 0.15) is 11.6 Å². The average molecular weight is 292 g/mol. The van der Waals surface area contributed by atoms with Crippen LogP contribution in [0.15, 0.2) is 18.2 Å². The van der Waals surface area contributed by atoms with Crippen molar-refractivity contribution in [3.05, 3.63) is 24.0 Å². The Hall–Kier alpha value is -1.50. The third kappa shape index (κ3) is 3.33. The number of nitrogens with zero attached hydrogens (tertiary/aromatic N) is 1. The third-order valence-corrected chi connectivity index (χ3v) is 3.35. The molecule has 0 aromatic heterocycles. The van der Waals surface area contributed by atoms with Gasteiger partial charge in [0, 0.05) is 32.2 Å². The summed E-state index contributed by atoms with van der Waals surface area (Å²) in [5.74, 6) is -1.65. The first-order valence-corrected chi connectivity index (χ1v) is 6.27. The molecule has 7 heteroatoms. The van der Waals surface area contributed by atoms with Crippen LogP contribution in [0.3, 0.4) is 0 Å². The molecule has 1 unspecified atom stereocenters. The highest BCUT2D eigenvalue weighted by Crippen LogP contribution is 2.31. The van der Waals surface area contributed by atoms with Gasteiger partial charge in [-0.1, -0.05) is 0 Å². The number of halogens is 4. The maximum absolute atomic E-state index is 13.8. The van der Waals surface area contributed by atoms with Crippen molar-refractivity contribution in [1.82, 2.24) is 5.32 Å². The lowest BCUT2D eigenvalue weighted by atomic mass is 10.1. The van der Waals surface area contributed by atoms with E-state index in [4.69, 9.17) is 4.74 Å². The van der Waals surface area contributed by atoms with Crippen LogP contribution in [0.4, 0.5) is 23.2 Å². The second-order valence-electron chi connectivity index (χ2n) is 4.71. The molecule has 1 aliphatic heterocycles. The fraction of sp³-hybridized carbons (Fsp3) is 0.538. The number of ether oxygens (including phenoxy) is 1. The molecule has 1 saturated heterocycles. The summed E-state index contributed by atoms with van der Waals surface area (Å²) in [6.45, 7) is 0.284. The Morgan fingerprint density at radius 1 is 1.35 bits per heavy atom. The zero-order valence-corrected chi connectivity index (χ0v) is 11.0. The van der Waals surface area contributed by atoms with Gasteiger partial charge in [-0.3, -0.25) is 0 Å². The molecule has 0 bridgehead atoms. The van der Waals surface area contributed by atoms with E-state index in [-0.39, 0.29) is 18.8 Å². The van der Waals surface area contributed by atoms with Crippen molar-refractivity contribution >= 4 is 5.69 Å². The van der Waals surface area contributed by atoms with E-state index in [1.165, 1.54) is 30.2 Å². The Morgan fingerprint density at radius 3 is 2.75 bits per heavy atom. The van der Waals surface area contributed by atoms with E-state index in [1.807, 2.05) is 0 Å². The molecule has 0 amide bonds. The van der Waals surface area contributed by atoms with E-state index in [0.29, 0.717) is 18.8 Å². The maximum Gasteiger partial charge on any atom is 0.394 e. The van der Waals surface area contributed by atoms with Crippen molar-refractivity contribution in [2.45, 2.75) is 6.18 Å². The number of hydrogen-bond acceptors (Lipinski definition) is 3. The first-order valence-electron chi connectivity index (χ1n) is 6.27. The summed E-state index contributed by atoms with van der Waals surface area (Å²) < 4.78 is 57.5. The normalized spacial score (nSPS) is 20.6. The monoisotopic (exact) mass is 292 g/mol. The predicted octanol–water partition coefficient (Wildman–Crippen LogP) is 2.42. The minimum absolute atomic E-state index is 0.141. The van der Waals surface area contributed by atoms with Crippen molar-refractivity contribution in [2.75, 3.05) is 38.2 Å². The highest BCUT2D eigenvalue weighted by Gasteiger charge is 2.41. The van der Waals surface area contributed by atoms with E-state index in [9.17, 15) is 17.6 Å². The SMILES string of the molecule is COc1ccc(F)c(N2CCNCC(C(F)(F)F)C2)c1. The Labute approximate surface area is 114 Å². The molecule has 1 heterocycles. The smallest absolute Gasteiger partial charge is 0.394 e. The molecule has 0 spiro atoms. The van der Waals surface area contributed by atoms with Crippen molar-refractivity contribution in [3.63, 3.8) is 0 Å². The van der Waals surface area contributed by atoms with Crippen LogP contribution in [0, 0.1) is 11.7 Å². The average Bonchev–Trinajstić information content (AvgIpc) is 2.64. The van der Waals surface area contributed by atoms with E-state index in [1.54, 1.807) is 0 Å². The number of benzene rings is 1. The van der Waals surface area contributed by atoms with Gasteiger partial charge in [-0.05, 0) is 12.1 Å². The molecule has 1 aliphatic rings. The number of rotatable bonds is 2. The van der Waals surface area contributed by atoms with Crippen LogP contribution in [0.1, 0.15) is 0 Å². The van der Waals surface area contributed by atoms with Crippen LogP contribution < -0.4 is 15.0 Å². The fourth-order valence-electron chi connectivity index (χ4n) is 2.21. The molecular formula is C13H16F4N2O. The molecule has 1 fully saturated rings. The van der Waals surface area contributed by atoms with Gasteiger partial charge in [0.05, 0.1) is 18.7 Å². The lowest BCUT2D eigenvalue weighted by Crippen LogP contribution is -2.38. The maximum atomic E-state index is 13.8. The number of methoxy groups -OCH3 is 1. The summed E-state index contributed by atoms with van der Waals surface area (Å²) in [4.78, 5) is 1.41. The summed E-state index contributed by atoms with van der Waals surface area (Å²) in [5, 5.41) is 2.74. The topological polar surface area (TPSA) is 24.5 Å². The first-order chi connectivity index (χ1) is 9.41. The van der Waals surface area contributed by atoms with Gasteiger partial charge >= 0.3 is 6.18 Å². The van der Waals surface area contributed by atoms with Crippen LogP contribution in [0.5, 0.6) is 5.75 Å². The molecule has 0 saturated carbocycles. The molecule has 1 aromatic carbocycles. The molecular weight excluding hydrogens is 276 g/mol. The van der Waals surface area contributed by atoms with Crippen LogP contribution >= 0.6 is 0 Å². The zero-order valence-electron chi connectivity index (χ0n) is 11.0. The van der Waals surface area contributed by atoms with E-state index in [0.717, 1.165) is 0 Å². The van der Waals surface area contributed by atoms with E-state index < -0.39 is 17.9 Å². The zero-order chi connectivity index (χ0) is 14.8. The van der Waals surface area contributed by atoms with Gasteiger partial charge < -0.3 is 15.0 Å². The standard InChI is InChI=1S/C13H16F4N2O/c1-20-10-2-3-11(14)12(6-10)19-5-4-18-7-9(8-19)13(15,16)17/h2-3,6,9,18H,4-5,7-8H2,1H3. The van der Waals surface area contributed by atoms with Crippen LogP contribution in [-0.2, 0) is 0 Å². The molecule has 112 valence electrons. The van der Waals surface area contributed by atoms with Crippen LogP contribution in [-0.4, -0.2) is 39.5 Å². The van der Waals surface area contributed by atoms with E-state index in [2.05, 4.69) is 5.32 Å². The fourth-order valence-corrected chi connectivity index (χ4v) is 2.21. The lowest BCUT2D eigenvalue weighted by Gasteiger charge is -2.27. The Balaban J connectivity index is 2.26. The quantitative estimate of drug-likeness (QED) is 0.847. The molecule has 1 atom stereocenters. The van der Waals surface area contributed by atoms with Gasteiger partial charge in [0.15, 0.2) is 0 Å². The van der Waals surface area contributed by atoms with Crippen LogP contribution in [0.2, 0.25) is 0 Å². The summed E-state index contributed by atoms with van der Waals surface area (Å²) in [5.41, 5.74) is 0.141. The second kappa shape index (κ2) is 5.87. The van der Waals surface area contributed by atoms with Crippen LogP contribution in [0.25, 0.3) is 0 Å². The Morgan fingerprint density at radius 2 is 2.10 bits per heavy atom. The minimum Gasteiger partial charge on any atom is -0.497 e. The minimum atomic E-state index is -4.30. The lowest BCUT2D eigenvalue weighted by molar-refractivity contribution is -0.169.